The van der Waals surface area contributed by atoms with E-state index >= 15 is 0 Å². The maximum absolute atomic E-state index is 5.51. The van der Waals surface area contributed by atoms with E-state index in [-0.39, 0.29) is 0 Å². The minimum absolute atomic E-state index is 0.549. The number of benzene rings is 3. The van der Waals surface area contributed by atoms with Gasteiger partial charge in [0.05, 0.1) is 38.1 Å². The molecule has 5 aromatic rings. The number of hydrogen-bond donors (Lipinski definition) is 0. The van der Waals surface area contributed by atoms with Crippen molar-refractivity contribution >= 4 is 22.8 Å². The van der Waals surface area contributed by atoms with E-state index in [9.17, 15) is 0 Å². The molecule has 0 aliphatic carbocycles. The second-order valence-electron chi connectivity index (χ2n) is 7.25. The van der Waals surface area contributed by atoms with Crippen LogP contribution < -0.4 is 14.2 Å². The minimum Gasteiger partial charge on any atom is -0.497 e. The molecular formula is C24H22N6O3S. The molecule has 0 saturated heterocycles. The zero-order chi connectivity index (χ0) is 23.5. The maximum Gasteiger partial charge on any atom is 0.214 e. The van der Waals surface area contributed by atoms with Crippen LogP contribution in [0.15, 0.2) is 71.9 Å². The molecule has 5 rings (SSSR count). The SMILES string of the molecule is COc1ccc(-n2c(CSc3nnnn3-c3cc(OC)ccc3OC)nc3ccccc32)cc1. The molecule has 0 radical (unpaired) electrons. The Morgan fingerprint density at radius 3 is 2.38 bits per heavy atom. The van der Waals surface area contributed by atoms with Crippen molar-refractivity contribution in [1.82, 2.24) is 29.8 Å². The van der Waals surface area contributed by atoms with Crippen molar-refractivity contribution < 1.29 is 14.2 Å². The molecule has 0 atom stereocenters. The predicted octanol–water partition coefficient (Wildman–Crippen LogP) is 4.32. The Morgan fingerprint density at radius 1 is 0.853 bits per heavy atom. The largest absolute Gasteiger partial charge is 0.497 e. The lowest BCUT2D eigenvalue weighted by Gasteiger charge is -2.12. The number of thioether (sulfide) groups is 1. The molecule has 3 aromatic carbocycles. The smallest absolute Gasteiger partial charge is 0.214 e. The van der Waals surface area contributed by atoms with Gasteiger partial charge in [0.2, 0.25) is 5.16 Å². The van der Waals surface area contributed by atoms with Crippen molar-refractivity contribution in [2.45, 2.75) is 10.9 Å². The van der Waals surface area contributed by atoms with Crippen LogP contribution in [-0.2, 0) is 5.75 Å². The van der Waals surface area contributed by atoms with E-state index in [4.69, 9.17) is 19.2 Å². The monoisotopic (exact) mass is 474 g/mol. The van der Waals surface area contributed by atoms with Crippen LogP contribution in [0.3, 0.4) is 0 Å². The number of aromatic nitrogens is 6. The number of imidazole rings is 1. The molecule has 0 aliphatic heterocycles. The first-order valence-electron chi connectivity index (χ1n) is 10.5. The third kappa shape index (κ3) is 4.03. The van der Waals surface area contributed by atoms with E-state index in [0.717, 1.165) is 28.3 Å². The second-order valence-corrected chi connectivity index (χ2v) is 8.19. The van der Waals surface area contributed by atoms with Gasteiger partial charge in [-0.2, -0.15) is 4.68 Å². The van der Waals surface area contributed by atoms with Crippen LogP contribution in [0.2, 0.25) is 0 Å². The number of para-hydroxylation sites is 2. The van der Waals surface area contributed by atoms with Gasteiger partial charge in [-0.1, -0.05) is 23.9 Å². The lowest BCUT2D eigenvalue weighted by atomic mass is 10.2. The van der Waals surface area contributed by atoms with Gasteiger partial charge in [0.1, 0.15) is 28.8 Å². The van der Waals surface area contributed by atoms with Crippen LogP contribution >= 0.6 is 11.8 Å². The van der Waals surface area contributed by atoms with Gasteiger partial charge in [-0.15, -0.1) is 5.10 Å². The molecule has 34 heavy (non-hydrogen) atoms. The molecule has 0 spiro atoms. The summed E-state index contributed by atoms with van der Waals surface area (Å²) < 4.78 is 20.0. The van der Waals surface area contributed by atoms with Crippen molar-refractivity contribution in [1.29, 1.82) is 0 Å². The van der Waals surface area contributed by atoms with E-state index in [0.29, 0.717) is 28.1 Å². The van der Waals surface area contributed by atoms with E-state index in [2.05, 4.69) is 26.2 Å². The molecule has 0 amide bonds. The number of hydrogen-bond acceptors (Lipinski definition) is 8. The Labute approximate surface area is 200 Å². The highest BCUT2D eigenvalue weighted by Crippen LogP contribution is 2.32. The van der Waals surface area contributed by atoms with Crippen molar-refractivity contribution in [3.05, 3.63) is 72.6 Å². The summed E-state index contributed by atoms with van der Waals surface area (Å²) in [5.41, 5.74) is 3.64. The molecule has 10 heteroatoms. The fourth-order valence-corrected chi connectivity index (χ4v) is 4.51. The summed E-state index contributed by atoms with van der Waals surface area (Å²) in [6.07, 6.45) is 0. The van der Waals surface area contributed by atoms with Gasteiger partial charge in [0, 0.05) is 11.8 Å². The Kier molecular flexibility index (Phi) is 6.05. The fourth-order valence-electron chi connectivity index (χ4n) is 3.70. The molecule has 0 unspecified atom stereocenters. The van der Waals surface area contributed by atoms with Gasteiger partial charge in [-0.05, 0) is 59.0 Å². The number of methoxy groups -OCH3 is 3. The van der Waals surface area contributed by atoms with E-state index in [1.54, 1.807) is 26.0 Å². The molecular weight excluding hydrogens is 452 g/mol. The first kappa shape index (κ1) is 21.8. The highest BCUT2D eigenvalue weighted by atomic mass is 32.2. The number of ether oxygens (including phenoxy) is 3. The van der Waals surface area contributed by atoms with Gasteiger partial charge in [-0.25, -0.2) is 4.98 Å². The average Bonchev–Trinajstić information content (AvgIpc) is 3.51. The Balaban J connectivity index is 1.50. The second kappa shape index (κ2) is 9.44. The normalized spacial score (nSPS) is 11.0. The topological polar surface area (TPSA) is 89.1 Å². The quantitative estimate of drug-likeness (QED) is 0.307. The summed E-state index contributed by atoms with van der Waals surface area (Å²) in [6, 6.07) is 21.5. The van der Waals surface area contributed by atoms with E-state index in [1.165, 1.54) is 11.8 Å². The third-order valence-electron chi connectivity index (χ3n) is 5.35. The minimum atomic E-state index is 0.549. The van der Waals surface area contributed by atoms with Gasteiger partial charge in [0.15, 0.2) is 0 Å². The number of nitrogens with zero attached hydrogens (tertiary/aromatic N) is 6. The van der Waals surface area contributed by atoms with Crippen molar-refractivity contribution in [3.8, 4) is 28.6 Å². The molecule has 0 N–H and O–H groups in total. The van der Waals surface area contributed by atoms with Crippen LogP contribution in [0, 0.1) is 0 Å². The van der Waals surface area contributed by atoms with Gasteiger partial charge >= 0.3 is 0 Å². The number of tetrazole rings is 1. The molecule has 2 aromatic heterocycles. The zero-order valence-electron chi connectivity index (χ0n) is 18.9. The summed E-state index contributed by atoms with van der Waals surface area (Å²) in [5, 5.41) is 12.9. The highest BCUT2D eigenvalue weighted by molar-refractivity contribution is 7.98. The first-order chi connectivity index (χ1) is 16.7. The molecule has 0 aliphatic rings. The molecule has 9 nitrogen and oxygen atoms in total. The summed E-state index contributed by atoms with van der Waals surface area (Å²) in [7, 11) is 4.88. The Bertz CT molecular complexity index is 1430. The predicted molar refractivity (Wildman–Crippen MR) is 129 cm³/mol. The zero-order valence-corrected chi connectivity index (χ0v) is 19.7. The summed E-state index contributed by atoms with van der Waals surface area (Å²) in [6.45, 7) is 0. The van der Waals surface area contributed by atoms with Gasteiger partial charge < -0.3 is 14.2 Å². The van der Waals surface area contributed by atoms with Crippen LogP contribution in [0.25, 0.3) is 22.4 Å². The van der Waals surface area contributed by atoms with Crippen LogP contribution in [0.1, 0.15) is 5.82 Å². The Hall–Kier alpha value is -4.05. The number of fused-ring (bicyclic) bond motifs is 1. The van der Waals surface area contributed by atoms with Crippen molar-refractivity contribution in [3.63, 3.8) is 0 Å². The average molecular weight is 475 g/mol. The maximum atomic E-state index is 5.51. The molecule has 2 heterocycles. The summed E-state index contributed by atoms with van der Waals surface area (Å²) in [5.74, 6) is 3.55. The molecule has 0 fully saturated rings. The standard InChI is InChI=1S/C24H22N6O3S/c1-31-17-10-8-16(9-11-17)29-20-7-5-4-6-19(20)25-23(29)15-34-24-26-27-28-30(24)21-14-18(32-2)12-13-22(21)33-3/h4-14H,15H2,1-3H3. The summed E-state index contributed by atoms with van der Waals surface area (Å²) in [4.78, 5) is 4.88. The van der Waals surface area contributed by atoms with E-state index < -0.39 is 0 Å². The Morgan fingerprint density at radius 2 is 1.62 bits per heavy atom. The number of rotatable bonds is 8. The fraction of sp³-hybridized carbons (Fsp3) is 0.167. The van der Waals surface area contributed by atoms with Crippen molar-refractivity contribution in [2.24, 2.45) is 0 Å². The lowest BCUT2D eigenvalue weighted by Crippen LogP contribution is -2.04. The third-order valence-corrected chi connectivity index (χ3v) is 6.26. The van der Waals surface area contributed by atoms with Crippen molar-refractivity contribution in [2.75, 3.05) is 21.3 Å². The van der Waals surface area contributed by atoms with Gasteiger partial charge in [-0.3, -0.25) is 4.57 Å². The van der Waals surface area contributed by atoms with Crippen LogP contribution in [0.5, 0.6) is 17.2 Å². The first-order valence-corrected chi connectivity index (χ1v) is 11.4. The molecule has 0 saturated carbocycles. The lowest BCUT2D eigenvalue weighted by molar-refractivity contribution is 0.399. The summed E-state index contributed by atoms with van der Waals surface area (Å²) >= 11 is 1.49. The molecule has 172 valence electrons. The molecule has 0 bridgehead atoms. The van der Waals surface area contributed by atoms with Crippen LogP contribution in [-0.4, -0.2) is 51.1 Å². The highest BCUT2D eigenvalue weighted by Gasteiger charge is 2.18. The van der Waals surface area contributed by atoms with Crippen LogP contribution in [0.4, 0.5) is 0 Å². The van der Waals surface area contributed by atoms with E-state index in [1.807, 2.05) is 60.7 Å². The van der Waals surface area contributed by atoms with Gasteiger partial charge in [0.25, 0.3) is 0 Å².